The van der Waals surface area contributed by atoms with E-state index in [9.17, 15) is 10.2 Å². The molecule has 0 saturated heterocycles. The SMILES string of the molecule is Cc1cc(O)c(C(C)C)cc1COc1ccc(O)c(C(C)(C)C)c1. The number of aryl methyl sites for hydroxylation is 1. The molecule has 0 aliphatic carbocycles. The minimum Gasteiger partial charge on any atom is -0.508 e. The number of ether oxygens (including phenoxy) is 1. The van der Waals surface area contributed by atoms with Crippen LogP contribution < -0.4 is 4.74 Å². The minimum atomic E-state index is -0.150. The van der Waals surface area contributed by atoms with Gasteiger partial charge in [-0.1, -0.05) is 34.6 Å². The zero-order chi connectivity index (χ0) is 18.1. The van der Waals surface area contributed by atoms with Crippen LogP contribution in [-0.4, -0.2) is 10.2 Å². The lowest BCUT2D eigenvalue weighted by Crippen LogP contribution is -2.11. The number of rotatable bonds is 4. The van der Waals surface area contributed by atoms with Gasteiger partial charge in [-0.25, -0.2) is 0 Å². The van der Waals surface area contributed by atoms with Gasteiger partial charge in [0.05, 0.1) is 0 Å². The molecule has 0 amide bonds. The zero-order valence-corrected chi connectivity index (χ0v) is 15.5. The standard InChI is InChI=1S/C21H28O3/c1-13(2)17-10-15(14(3)9-20(17)23)12-24-16-7-8-19(22)18(11-16)21(4,5)6/h7-11,13,22-23H,12H2,1-6H3. The number of benzene rings is 2. The Morgan fingerprint density at radius 3 is 2.25 bits per heavy atom. The largest absolute Gasteiger partial charge is 0.508 e. The van der Waals surface area contributed by atoms with Crippen LogP contribution in [0.15, 0.2) is 30.3 Å². The Bertz CT molecular complexity index is 725. The Balaban J connectivity index is 2.24. The van der Waals surface area contributed by atoms with Crippen LogP contribution in [0.25, 0.3) is 0 Å². The van der Waals surface area contributed by atoms with Gasteiger partial charge in [0.1, 0.15) is 23.9 Å². The second-order valence-electron chi connectivity index (χ2n) is 7.71. The van der Waals surface area contributed by atoms with Crippen molar-refractivity contribution < 1.29 is 14.9 Å². The maximum Gasteiger partial charge on any atom is 0.120 e. The molecule has 130 valence electrons. The van der Waals surface area contributed by atoms with Crippen molar-refractivity contribution in [3.63, 3.8) is 0 Å². The number of phenolic OH excluding ortho intramolecular Hbond substituents is 2. The predicted molar refractivity (Wildman–Crippen MR) is 98.1 cm³/mol. The molecule has 2 aromatic rings. The van der Waals surface area contributed by atoms with E-state index in [0.29, 0.717) is 12.4 Å². The van der Waals surface area contributed by atoms with Crippen molar-refractivity contribution in [3.05, 3.63) is 52.6 Å². The van der Waals surface area contributed by atoms with E-state index in [1.807, 2.05) is 19.1 Å². The van der Waals surface area contributed by atoms with E-state index in [2.05, 4.69) is 34.6 Å². The molecule has 0 fully saturated rings. The average Bonchev–Trinajstić information content (AvgIpc) is 2.46. The third-order valence-electron chi connectivity index (χ3n) is 4.28. The Hall–Kier alpha value is -2.16. The van der Waals surface area contributed by atoms with E-state index in [4.69, 9.17) is 4.74 Å². The molecule has 0 saturated carbocycles. The summed E-state index contributed by atoms with van der Waals surface area (Å²) >= 11 is 0. The highest BCUT2D eigenvalue weighted by molar-refractivity contribution is 5.45. The molecule has 2 aromatic carbocycles. The first-order valence-corrected chi connectivity index (χ1v) is 8.38. The van der Waals surface area contributed by atoms with Gasteiger partial charge in [-0.3, -0.25) is 0 Å². The van der Waals surface area contributed by atoms with Crippen LogP contribution in [0.1, 0.15) is 62.8 Å². The molecule has 0 atom stereocenters. The fourth-order valence-electron chi connectivity index (χ4n) is 2.74. The summed E-state index contributed by atoms with van der Waals surface area (Å²) < 4.78 is 5.95. The molecule has 0 aliphatic heterocycles. The average molecular weight is 328 g/mol. The van der Waals surface area contributed by atoms with Crippen LogP contribution in [0.5, 0.6) is 17.2 Å². The van der Waals surface area contributed by atoms with Crippen LogP contribution >= 0.6 is 0 Å². The molecule has 0 aliphatic rings. The summed E-state index contributed by atoms with van der Waals surface area (Å²) in [5.41, 5.74) is 3.71. The third kappa shape index (κ3) is 4.02. The first-order chi connectivity index (χ1) is 11.1. The number of phenols is 2. The molecular weight excluding hydrogens is 300 g/mol. The highest BCUT2D eigenvalue weighted by Gasteiger charge is 2.19. The molecule has 0 spiro atoms. The monoisotopic (exact) mass is 328 g/mol. The van der Waals surface area contributed by atoms with E-state index >= 15 is 0 Å². The lowest BCUT2D eigenvalue weighted by molar-refractivity contribution is 0.303. The topological polar surface area (TPSA) is 49.7 Å². The van der Waals surface area contributed by atoms with Gasteiger partial charge in [0.2, 0.25) is 0 Å². The Morgan fingerprint density at radius 2 is 1.67 bits per heavy atom. The quantitative estimate of drug-likeness (QED) is 0.789. The van der Waals surface area contributed by atoms with Crippen LogP contribution in [0.3, 0.4) is 0 Å². The summed E-state index contributed by atoms with van der Waals surface area (Å²) in [6, 6.07) is 9.17. The van der Waals surface area contributed by atoms with E-state index < -0.39 is 0 Å². The fourth-order valence-corrected chi connectivity index (χ4v) is 2.74. The molecule has 3 heteroatoms. The first kappa shape index (κ1) is 18.2. The third-order valence-corrected chi connectivity index (χ3v) is 4.28. The molecule has 0 aromatic heterocycles. The van der Waals surface area contributed by atoms with E-state index in [0.717, 1.165) is 28.0 Å². The van der Waals surface area contributed by atoms with Crippen LogP contribution in [0, 0.1) is 6.92 Å². The number of aromatic hydroxyl groups is 2. The smallest absolute Gasteiger partial charge is 0.120 e. The van der Waals surface area contributed by atoms with Gasteiger partial charge >= 0.3 is 0 Å². The highest BCUT2D eigenvalue weighted by Crippen LogP contribution is 2.34. The van der Waals surface area contributed by atoms with Crippen molar-refractivity contribution in [2.45, 2.75) is 59.5 Å². The van der Waals surface area contributed by atoms with Crippen molar-refractivity contribution in [2.75, 3.05) is 0 Å². The Kier molecular flexibility index (Phi) is 5.12. The lowest BCUT2D eigenvalue weighted by atomic mass is 9.86. The van der Waals surface area contributed by atoms with Gasteiger partial charge in [0, 0.05) is 5.56 Å². The summed E-state index contributed by atoms with van der Waals surface area (Å²) in [6.07, 6.45) is 0. The molecule has 3 nitrogen and oxygen atoms in total. The normalized spacial score (nSPS) is 11.8. The summed E-state index contributed by atoms with van der Waals surface area (Å²) in [4.78, 5) is 0. The van der Waals surface area contributed by atoms with Crippen molar-refractivity contribution in [2.24, 2.45) is 0 Å². The van der Waals surface area contributed by atoms with Crippen molar-refractivity contribution in [3.8, 4) is 17.2 Å². The van der Waals surface area contributed by atoms with Crippen LogP contribution in [-0.2, 0) is 12.0 Å². The van der Waals surface area contributed by atoms with Gasteiger partial charge in [0.25, 0.3) is 0 Å². The summed E-state index contributed by atoms with van der Waals surface area (Å²) in [5.74, 6) is 1.62. The van der Waals surface area contributed by atoms with Crippen LogP contribution in [0.4, 0.5) is 0 Å². The van der Waals surface area contributed by atoms with Gasteiger partial charge in [-0.2, -0.15) is 0 Å². The van der Waals surface area contributed by atoms with Crippen molar-refractivity contribution in [1.82, 2.24) is 0 Å². The summed E-state index contributed by atoms with van der Waals surface area (Å²) in [7, 11) is 0. The van der Waals surface area contributed by atoms with E-state index in [-0.39, 0.29) is 17.1 Å². The highest BCUT2D eigenvalue weighted by atomic mass is 16.5. The minimum absolute atomic E-state index is 0.150. The molecule has 2 N–H and O–H groups in total. The van der Waals surface area contributed by atoms with Crippen molar-refractivity contribution >= 4 is 0 Å². The lowest BCUT2D eigenvalue weighted by Gasteiger charge is -2.21. The Labute approximate surface area is 144 Å². The van der Waals surface area contributed by atoms with Crippen LogP contribution in [0.2, 0.25) is 0 Å². The molecule has 2 rings (SSSR count). The van der Waals surface area contributed by atoms with Gasteiger partial charge in [-0.05, 0) is 65.3 Å². The maximum absolute atomic E-state index is 10.1. The molecule has 0 heterocycles. The second kappa shape index (κ2) is 6.76. The molecule has 24 heavy (non-hydrogen) atoms. The molecule has 0 bridgehead atoms. The summed E-state index contributed by atoms with van der Waals surface area (Å²) in [6.45, 7) is 12.7. The van der Waals surface area contributed by atoms with E-state index in [1.165, 1.54) is 0 Å². The number of hydrogen-bond acceptors (Lipinski definition) is 3. The van der Waals surface area contributed by atoms with E-state index in [1.54, 1.807) is 18.2 Å². The van der Waals surface area contributed by atoms with Gasteiger partial charge in [0.15, 0.2) is 0 Å². The molecular formula is C21H28O3. The second-order valence-corrected chi connectivity index (χ2v) is 7.71. The maximum atomic E-state index is 10.1. The predicted octanol–water partition coefficient (Wildman–Crippen LogP) is 5.41. The molecule has 0 unspecified atom stereocenters. The number of hydrogen-bond donors (Lipinski definition) is 2. The fraction of sp³-hybridized carbons (Fsp3) is 0.429. The first-order valence-electron chi connectivity index (χ1n) is 8.38. The van der Waals surface area contributed by atoms with Gasteiger partial charge < -0.3 is 14.9 Å². The van der Waals surface area contributed by atoms with Gasteiger partial charge in [-0.15, -0.1) is 0 Å². The summed E-state index contributed by atoms with van der Waals surface area (Å²) in [5, 5.41) is 20.1. The molecule has 0 radical (unpaired) electrons. The van der Waals surface area contributed by atoms with Crippen molar-refractivity contribution in [1.29, 1.82) is 0 Å². The Morgan fingerprint density at radius 1 is 1.00 bits per heavy atom. The zero-order valence-electron chi connectivity index (χ0n) is 15.5.